The van der Waals surface area contributed by atoms with Gasteiger partial charge in [0.05, 0.1) is 29.5 Å². The van der Waals surface area contributed by atoms with E-state index in [9.17, 15) is 13.9 Å². The van der Waals surface area contributed by atoms with Crippen LogP contribution in [-0.4, -0.2) is 21.0 Å². The minimum atomic E-state index is -1.10. The quantitative estimate of drug-likeness (QED) is 0.369. The molecule has 0 amide bonds. The Morgan fingerprint density at radius 2 is 1.74 bits per heavy atom. The first kappa shape index (κ1) is 21.8. The van der Waals surface area contributed by atoms with Crippen molar-refractivity contribution in [2.45, 2.75) is 19.4 Å². The molecule has 3 rings (SSSR count). The first-order chi connectivity index (χ1) is 14.7. The van der Waals surface area contributed by atoms with Crippen LogP contribution in [0.25, 0.3) is 11.4 Å². The van der Waals surface area contributed by atoms with Crippen LogP contribution in [0.15, 0.2) is 66.0 Å². The molecule has 0 spiro atoms. The van der Waals surface area contributed by atoms with Gasteiger partial charge in [-0.2, -0.15) is 0 Å². The normalized spacial score (nSPS) is 13.0. The van der Waals surface area contributed by atoms with Crippen molar-refractivity contribution < 1.29 is 13.9 Å². The fourth-order valence-corrected chi connectivity index (χ4v) is 2.77. The second-order valence-electron chi connectivity index (χ2n) is 7.21. The highest BCUT2D eigenvalue weighted by molar-refractivity contribution is 6.00. The molecular formula is C22H22F2N6O. The number of pyridine rings is 2. The van der Waals surface area contributed by atoms with Gasteiger partial charge in [0.15, 0.2) is 11.8 Å². The van der Waals surface area contributed by atoms with E-state index in [-0.39, 0.29) is 28.5 Å². The predicted octanol–water partition coefficient (Wildman–Crippen LogP) is 3.19. The Balaban J connectivity index is 2.02. The Morgan fingerprint density at radius 3 is 2.35 bits per heavy atom. The van der Waals surface area contributed by atoms with E-state index < -0.39 is 17.2 Å². The van der Waals surface area contributed by atoms with Crippen molar-refractivity contribution in [1.82, 2.24) is 9.97 Å². The molecule has 0 unspecified atom stereocenters. The van der Waals surface area contributed by atoms with Crippen LogP contribution in [0.3, 0.4) is 0 Å². The first-order valence-corrected chi connectivity index (χ1v) is 9.31. The maximum absolute atomic E-state index is 14.5. The summed E-state index contributed by atoms with van der Waals surface area (Å²) in [6, 6.07) is 10.5. The van der Waals surface area contributed by atoms with Gasteiger partial charge in [-0.05, 0) is 44.2 Å². The third kappa shape index (κ3) is 5.20. The van der Waals surface area contributed by atoms with E-state index in [0.29, 0.717) is 11.4 Å². The molecule has 2 heterocycles. The van der Waals surface area contributed by atoms with Crippen molar-refractivity contribution in [3.63, 3.8) is 0 Å². The fraction of sp³-hybridized carbons (Fsp3) is 0.136. The molecule has 3 aromatic rings. The van der Waals surface area contributed by atoms with Crippen LogP contribution in [-0.2, 0) is 5.60 Å². The number of nitrogens with one attached hydrogen (secondary N) is 1. The van der Waals surface area contributed by atoms with Gasteiger partial charge in [-0.25, -0.2) is 13.8 Å². The maximum atomic E-state index is 14.5. The van der Waals surface area contributed by atoms with Crippen LogP contribution in [0.4, 0.5) is 14.5 Å². The number of hydrogen-bond acceptors (Lipinski definition) is 5. The van der Waals surface area contributed by atoms with Crippen LogP contribution < -0.4 is 16.8 Å². The van der Waals surface area contributed by atoms with E-state index >= 15 is 0 Å². The lowest BCUT2D eigenvalue weighted by molar-refractivity contribution is 0.0739. The lowest BCUT2D eigenvalue weighted by atomic mass is 10.1. The molecule has 1 aromatic carbocycles. The van der Waals surface area contributed by atoms with Crippen LogP contribution in [0.5, 0.6) is 0 Å². The zero-order valence-electron chi connectivity index (χ0n) is 17.0. The average molecular weight is 424 g/mol. The number of nitrogens with two attached hydrogens (primary N) is 2. The van der Waals surface area contributed by atoms with Gasteiger partial charge in [0.1, 0.15) is 17.1 Å². The van der Waals surface area contributed by atoms with E-state index in [1.165, 1.54) is 36.7 Å². The summed E-state index contributed by atoms with van der Waals surface area (Å²) in [6.45, 7) is 3.23. The summed E-state index contributed by atoms with van der Waals surface area (Å²) in [5.41, 5.74) is 12.0. The van der Waals surface area contributed by atoms with E-state index in [2.05, 4.69) is 20.3 Å². The second kappa shape index (κ2) is 8.88. The molecule has 0 saturated heterocycles. The fourth-order valence-electron chi connectivity index (χ4n) is 2.77. The highest BCUT2D eigenvalue weighted by atomic mass is 19.1. The molecule has 0 saturated carbocycles. The van der Waals surface area contributed by atoms with Gasteiger partial charge < -0.3 is 21.9 Å². The Labute approximate surface area is 178 Å². The van der Waals surface area contributed by atoms with E-state index in [1.54, 1.807) is 32.0 Å². The SMILES string of the molecule is CC(C)(O)c1ccc(NC(N)=N/C(=C(\N)c2ccncc2F)c2ccccc2F)cn1. The number of aliphatic hydroxyl groups is 1. The number of halogens is 2. The zero-order chi connectivity index (χ0) is 22.6. The molecule has 7 nitrogen and oxygen atoms in total. The smallest absolute Gasteiger partial charge is 0.198 e. The van der Waals surface area contributed by atoms with Crippen molar-refractivity contribution >= 4 is 23.0 Å². The van der Waals surface area contributed by atoms with Crippen LogP contribution >= 0.6 is 0 Å². The third-order valence-electron chi connectivity index (χ3n) is 4.34. The van der Waals surface area contributed by atoms with Gasteiger partial charge in [-0.3, -0.25) is 9.97 Å². The van der Waals surface area contributed by atoms with Crippen LogP contribution in [0.1, 0.15) is 30.7 Å². The minimum Gasteiger partial charge on any atom is -0.396 e. The molecular weight excluding hydrogens is 402 g/mol. The van der Waals surface area contributed by atoms with E-state index in [1.807, 2.05) is 0 Å². The van der Waals surface area contributed by atoms with E-state index in [0.717, 1.165) is 6.20 Å². The van der Waals surface area contributed by atoms with Crippen LogP contribution in [0, 0.1) is 11.6 Å². The highest BCUT2D eigenvalue weighted by Crippen LogP contribution is 2.27. The number of hydrogen-bond donors (Lipinski definition) is 4. The van der Waals surface area contributed by atoms with Crippen molar-refractivity contribution in [2.24, 2.45) is 16.5 Å². The summed E-state index contributed by atoms with van der Waals surface area (Å²) >= 11 is 0. The number of nitrogens with zero attached hydrogens (tertiary/aromatic N) is 3. The maximum Gasteiger partial charge on any atom is 0.198 e. The molecule has 160 valence electrons. The van der Waals surface area contributed by atoms with Gasteiger partial charge in [0.25, 0.3) is 0 Å². The molecule has 0 radical (unpaired) electrons. The molecule has 2 aromatic heterocycles. The Morgan fingerprint density at radius 1 is 1.00 bits per heavy atom. The standard InChI is InChI=1S/C22H22F2N6O/c1-22(2,31)18-8-7-13(11-28-18)29-21(26)30-20(15-5-3-4-6-16(15)23)19(25)14-9-10-27-12-17(14)24/h3-12,31H,25H2,1-2H3,(H3,26,29,30)/b20-19-. The summed E-state index contributed by atoms with van der Waals surface area (Å²) in [5, 5.41) is 12.8. The largest absolute Gasteiger partial charge is 0.396 e. The van der Waals surface area contributed by atoms with Gasteiger partial charge in [0, 0.05) is 17.3 Å². The van der Waals surface area contributed by atoms with Gasteiger partial charge in [-0.1, -0.05) is 12.1 Å². The first-order valence-electron chi connectivity index (χ1n) is 9.31. The topological polar surface area (TPSA) is 122 Å². The number of anilines is 1. The summed E-state index contributed by atoms with van der Waals surface area (Å²) in [6.07, 6.45) is 3.84. The highest BCUT2D eigenvalue weighted by Gasteiger charge is 2.18. The summed E-state index contributed by atoms with van der Waals surface area (Å²) in [7, 11) is 0. The molecule has 0 aliphatic heterocycles. The van der Waals surface area contributed by atoms with Gasteiger partial charge in [-0.15, -0.1) is 0 Å². The molecule has 0 atom stereocenters. The van der Waals surface area contributed by atoms with Crippen molar-refractivity contribution in [2.75, 3.05) is 5.32 Å². The minimum absolute atomic E-state index is 0.0148. The lowest BCUT2D eigenvalue weighted by Crippen LogP contribution is -2.23. The average Bonchev–Trinajstić information content (AvgIpc) is 2.72. The second-order valence-corrected chi connectivity index (χ2v) is 7.21. The number of benzene rings is 1. The van der Waals surface area contributed by atoms with Crippen molar-refractivity contribution in [1.29, 1.82) is 0 Å². The molecule has 0 fully saturated rings. The Bertz CT molecular complexity index is 1140. The van der Waals surface area contributed by atoms with Gasteiger partial charge in [0.2, 0.25) is 0 Å². The lowest BCUT2D eigenvalue weighted by Gasteiger charge is -2.16. The summed E-state index contributed by atoms with van der Waals surface area (Å²) in [5.74, 6) is -1.39. The molecule has 0 aliphatic rings. The van der Waals surface area contributed by atoms with E-state index in [4.69, 9.17) is 11.5 Å². The summed E-state index contributed by atoms with van der Waals surface area (Å²) in [4.78, 5) is 12.1. The van der Waals surface area contributed by atoms with Crippen LogP contribution in [0.2, 0.25) is 0 Å². The molecule has 31 heavy (non-hydrogen) atoms. The predicted molar refractivity (Wildman–Crippen MR) is 116 cm³/mol. The zero-order valence-corrected chi connectivity index (χ0v) is 17.0. The van der Waals surface area contributed by atoms with Crippen molar-refractivity contribution in [3.05, 3.63) is 89.5 Å². The van der Waals surface area contributed by atoms with Crippen molar-refractivity contribution in [3.8, 4) is 0 Å². The number of guanidine groups is 1. The number of rotatable bonds is 5. The molecule has 9 heteroatoms. The summed E-state index contributed by atoms with van der Waals surface area (Å²) < 4.78 is 28.7. The number of aliphatic imine (C=N–C) groups is 1. The third-order valence-corrected chi connectivity index (χ3v) is 4.34. The Kier molecular flexibility index (Phi) is 6.26. The Hall–Kier alpha value is -3.85. The number of aromatic nitrogens is 2. The molecule has 6 N–H and O–H groups in total. The molecule has 0 aliphatic carbocycles. The van der Waals surface area contributed by atoms with Gasteiger partial charge >= 0.3 is 0 Å². The monoisotopic (exact) mass is 424 g/mol. The molecule has 0 bridgehead atoms.